The maximum Gasteiger partial charge on any atom is 0.334 e. The number of methoxy groups -OCH3 is 1. The molecule has 1 aromatic heterocycles. The van der Waals surface area contributed by atoms with E-state index in [1.54, 1.807) is 31.4 Å². The Bertz CT molecular complexity index is 885. The summed E-state index contributed by atoms with van der Waals surface area (Å²) in [5, 5.41) is 3.87. The zero-order chi connectivity index (χ0) is 19.0. The highest BCUT2D eigenvalue weighted by Crippen LogP contribution is 2.28. The first kappa shape index (κ1) is 17.2. The summed E-state index contributed by atoms with van der Waals surface area (Å²) in [6, 6.07) is 6.25. The third kappa shape index (κ3) is 3.05. The van der Waals surface area contributed by atoms with Gasteiger partial charge in [0.2, 0.25) is 11.7 Å². The predicted octanol–water partition coefficient (Wildman–Crippen LogP) is 1.98. The van der Waals surface area contributed by atoms with Crippen molar-refractivity contribution >= 4 is 17.8 Å². The van der Waals surface area contributed by atoms with E-state index < -0.39 is 17.8 Å². The molecule has 1 aliphatic carbocycles. The molecule has 1 saturated heterocycles. The molecule has 4 rings (SSSR count). The summed E-state index contributed by atoms with van der Waals surface area (Å²) in [7, 11) is 1.57. The quantitative estimate of drug-likeness (QED) is 0.585. The Kier molecular flexibility index (Phi) is 4.35. The van der Waals surface area contributed by atoms with E-state index in [-0.39, 0.29) is 18.5 Å². The largest absolute Gasteiger partial charge is 0.497 e. The van der Waals surface area contributed by atoms with Crippen molar-refractivity contribution in [3.63, 3.8) is 0 Å². The molecule has 1 saturated carbocycles. The van der Waals surface area contributed by atoms with Crippen LogP contribution in [0.5, 0.6) is 5.75 Å². The molecule has 0 N–H and O–H groups in total. The summed E-state index contributed by atoms with van der Waals surface area (Å²) >= 11 is 0. The van der Waals surface area contributed by atoms with Crippen LogP contribution < -0.4 is 4.74 Å². The highest BCUT2D eigenvalue weighted by atomic mass is 16.5. The van der Waals surface area contributed by atoms with Gasteiger partial charge in [-0.05, 0) is 37.1 Å². The zero-order valence-electron chi connectivity index (χ0n) is 14.8. The second kappa shape index (κ2) is 6.82. The molecule has 0 bridgehead atoms. The van der Waals surface area contributed by atoms with Gasteiger partial charge in [-0.1, -0.05) is 18.0 Å². The molecule has 4 amide bonds. The standard InChI is InChI=1S/C18H18N4O5/c1-26-13-8-6-11(7-9-13)15-19-14(27-20-15)10-21-16(23)17(24)22(18(21)25)12-4-2-3-5-12/h6-9,12H,2-5,10H2,1H3. The summed E-state index contributed by atoms with van der Waals surface area (Å²) in [6.07, 6.45) is 3.37. The van der Waals surface area contributed by atoms with Crippen molar-refractivity contribution in [2.45, 2.75) is 38.3 Å². The fraction of sp³-hybridized carbons (Fsp3) is 0.389. The van der Waals surface area contributed by atoms with Crippen molar-refractivity contribution in [3.05, 3.63) is 30.2 Å². The first-order valence-corrected chi connectivity index (χ1v) is 8.74. The summed E-state index contributed by atoms with van der Waals surface area (Å²) in [5.41, 5.74) is 0.702. The highest BCUT2D eigenvalue weighted by Gasteiger charge is 2.48. The topological polar surface area (TPSA) is 106 Å². The van der Waals surface area contributed by atoms with Crippen molar-refractivity contribution in [3.8, 4) is 17.1 Å². The van der Waals surface area contributed by atoms with E-state index in [4.69, 9.17) is 9.26 Å². The average molecular weight is 370 g/mol. The number of carbonyl (C=O) groups excluding carboxylic acids is 3. The van der Waals surface area contributed by atoms with Crippen molar-refractivity contribution < 1.29 is 23.6 Å². The molecule has 2 heterocycles. The van der Waals surface area contributed by atoms with Crippen LogP contribution in [-0.4, -0.2) is 50.9 Å². The van der Waals surface area contributed by atoms with Crippen LogP contribution in [0.3, 0.4) is 0 Å². The van der Waals surface area contributed by atoms with Gasteiger partial charge in [-0.3, -0.25) is 14.5 Å². The minimum Gasteiger partial charge on any atom is -0.497 e. The minimum absolute atomic E-state index is 0.0867. The molecule has 0 spiro atoms. The van der Waals surface area contributed by atoms with E-state index in [0.717, 1.165) is 35.5 Å². The molecule has 0 radical (unpaired) electrons. The number of amides is 4. The number of rotatable bonds is 5. The number of imide groups is 2. The Labute approximate surface area is 154 Å². The van der Waals surface area contributed by atoms with Gasteiger partial charge in [0.05, 0.1) is 7.11 Å². The van der Waals surface area contributed by atoms with Crippen LogP contribution in [0.1, 0.15) is 31.6 Å². The van der Waals surface area contributed by atoms with Gasteiger partial charge in [-0.2, -0.15) is 4.98 Å². The maximum absolute atomic E-state index is 12.6. The lowest BCUT2D eigenvalue weighted by atomic mass is 10.2. The number of benzene rings is 1. The Balaban J connectivity index is 1.50. The summed E-state index contributed by atoms with van der Waals surface area (Å²) in [4.78, 5) is 43.2. The van der Waals surface area contributed by atoms with E-state index in [9.17, 15) is 14.4 Å². The Morgan fingerprint density at radius 3 is 2.48 bits per heavy atom. The average Bonchev–Trinajstić information content (AvgIpc) is 3.41. The van der Waals surface area contributed by atoms with Crippen LogP contribution >= 0.6 is 0 Å². The molecule has 27 heavy (non-hydrogen) atoms. The number of urea groups is 1. The Hall–Kier alpha value is -3.23. The van der Waals surface area contributed by atoms with Gasteiger partial charge in [0.25, 0.3) is 0 Å². The lowest BCUT2D eigenvalue weighted by Gasteiger charge is -2.20. The normalized spacial score (nSPS) is 18.0. The molecule has 2 aromatic rings. The molecule has 2 fully saturated rings. The monoisotopic (exact) mass is 370 g/mol. The van der Waals surface area contributed by atoms with Crippen LogP contribution in [0.15, 0.2) is 28.8 Å². The third-order valence-electron chi connectivity index (χ3n) is 4.88. The molecule has 0 atom stereocenters. The van der Waals surface area contributed by atoms with E-state index in [2.05, 4.69) is 10.1 Å². The summed E-state index contributed by atoms with van der Waals surface area (Å²) in [6.45, 7) is -0.226. The van der Waals surface area contributed by atoms with Crippen LogP contribution in [0.4, 0.5) is 4.79 Å². The van der Waals surface area contributed by atoms with Crippen LogP contribution in [0, 0.1) is 0 Å². The fourth-order valence-corrected chi connectivity index (χ4v) is 3.46. The van der Waals surface area contributed by atoms with E-state index >= 15 is 0 Å². The lowest BCUT2D eigenvalue weighted by molar-refractivity contribution is -0.144. The first-order valence-electron chi connectivity index (χ1n) is 8.74. The van der Waals surface area contributed by atoms with Gasteiger partial charge >= 0.3 is 17.8 Å². The van der Waals surface area contributed by atoms with Gasteiger partial charge in [-0.25, -0.2) is 9.69 Å². The fourth-order valence-electron chi connectivity index (χ4n) is 3.46. The zero-order valence-corrected chi connectivity index (χ0v) is 14.8. The SMILES string of the molecule is COc1ccc(-c2noc(CN3C(=O)C(=O)N(C4CCCC4)C3=O)n2)cc1. The van der Waals surface area contributed by atoms with Crippen molar-refractivity contribution in [2.24, 2.45) is 0 Å². The molecular weight excluding hydrogens is 352 g/mol. The number of ether oxygens (including phenoxy) is 1. The lowest BCUT2D eigenvalue weighted by Crippen LogP contribution is -2.39. The van der Waals surface area contributed by atoms with Gasteiger partial charge in [0.1, 0.15) is 12.3 Å². The molecule has 1 aliphatic heterocycles. The van der Waals surface area contributed by atoms with Gasteiger partial charge in [-0.15, -0.1) is 0 Å². The van der Waals surface area contributed by atoms with Crippen molar-refractivity contribution in [2.75, 3.05) is 7.11 Å². The first-order chi connectivity index (χ1) is 13.1. The molecule has 1 aromatic carbocycles. The number of carbonyl (C=O) groups is 3. The van der Waals surface area contributed by atoms with Gasteiger partial charge < -0.3 is 9.26 Å². The molecule has 9 nitrogen and oxygen atoms in total. The molecular formula is C18H18N4O5. The second-order valence-electron chi connectivity index (χ2n) is 6.53. The molecule has 2 aliphatic rings. The number of hydrogen-bond donors (Lipinski definition) is 0. The number of nitrogens with zero attached hydrogens (tertiary/aromatic N) is 4. The molecule has 140 valence electrons. The summed E-state index contributed by atoms with van der Waals surface area (Å²) < 4.78 is 10.3. The maximum atomic E-state index is 12.6. The van der Waals surface area contributed by atoms with Crippen LogP contribution in [-0.2, 0) is 16.1 Å². The van der Waals surface area contributed by atoms with Crippen LogP contribution in [0.2, 0.25) is 0 Å². The highest BCUT2D eigenvalue weighted by molar-refractivity contribution is 6.44. The minimum atomic E-state index is -0.851. The van der Waals surface area contributed by atoms with E-state index in [1.165, 1.54) is 0 Å². The summed E-state index contributed by atoms with van der Waals surface area (Å²) in [5.74, 6) is -0.520. The van der Waals surface area contributed by atoms with Gasteiger partial charge in [0, 0.05) is 11.6 Å². The Morgan fingerprint density at radius 1 is 1.11 bits per heavy atom. The van der Waals surface area contributed by atoms with Crippen LogP contribution in [0.25, 0.3) is 11.4 Å². The molecule has 9 heteroatoms. The predicted molar refractivity (Wildman–Crippen MR) is 91.3 cm³/mol. The second-order valence-corrected chi connectivity index (χ2v) is 6.53. The third-order valence-corrected chi connectivity index (χ3v) is 4.88. The van der Waals surface area contributed by atoms with Crippen molar-refractivity contribution in [1.29, 1.82) is 0 Å². The molecule has 0 unspecified atom stereocenters. The van der Waals surface area contributed by atoms with Gasteiger partial charge in [0.15, 0.2) is 0 Å². The van der Waals surface area contributed by atoms with Crippen molar-refractivity contribution in [1.82, 2.24) is 19.9 Å². The van der Waals surface area contributed by atoms with E-state index in [1.807, 2.05) is 0 Å². The number of hydrogen-bond acceptors (Lipinski definition) is 7. The Morgan fingerprint density at radius 2 is 1.81 bits per heavy atom. The smallest absolute Gasteiger partial charge is 0.334 e. The van der Waals surface area contributed by atoms with E-state index in [0.29, 0.717) is 17.1 Å². The number of aromatic nitrogens is 2.